The van der Waals surface area contributed by atoms with E-state index in [4.69, 9.17) is 4.74 Å². The Kier molecular flexibility index (Phi) is 6.15. The second kappa shape index (κ2) is 7.64. The molecule has 0 amide bonds. The summed E-state index contributed by atoms with van der Waals surface area (Å²) < 4.78 is 6.26. The topological polar surface area (TPSA) is 21.3 Å². The van der Waals surface area contributed by atoms with Crippen molar-refractivity contribution in [2.45, 2.75) is 77.9 Å². The van der Waals surface area contributed by atoms with Crippen LogP contribution in [0, 0.1) is 17.8 Å². The highest BCUT2D eigenvalue weighted by Gasteiger charge is 2.32. The van der Waals surface area contributed by atoms with Crippen molar-refractivity contribution in [3.05, 3.63) is 0 Å². The Labute approximate surface area is 119 Å². The molecule has 2 saturated carbocycles. The highest BCUT2D eigenvalue weighted by molar-refractivity contribution is 4.87. The number of hydrogen-bond acceptors (Lipinski definition) is 2. The molecule has 0 spiro atoms. The van der Waals surface area contributed by atoms with E-state index in [0.29, 0.717) is 12.1 Å². The smallest absolute Gasteiger partial charge is 0.0730 e. The predicted molar refractivity (Wildman–Crippen MR) is 81.3 cm³/mol. The Morgan fingerprint density at radius 1 is 1.16 bits per heavy atom. The van der Waals surface area contributed by atoms with Gasteiger partial charge in [-0.05, 0) is 56.4 Å². The average Bonchev–Trinajstić information content (AvgIpc) is 3.21. The van der Waals surface area contributed by atoms with Crippen molar-refractivity contribution in [2.24, 2.45) is 17.8 Å². The third-order valence-corrected chi connectivity index (χ3v) is 4.99. The molecule has 2 fully saturated rings. The number of nitrogens with one attached hydrogen (secondary N) is 1. The van der Waals surface area contributed by atoms with E-state index in [-0.39, 0.29) is 0 Å². The molecule has 3 atom stereocenters. The molecule has 2 aliphatic carbocycles. The highest BCUT2D eigenvalue weighted by atomic mass is 16.5. The molecule has 0 aromatic heterocycles. The molecule has 2 aliphatic rings. The summed E-state index contributed by atoms with van der Waals surface area (Å²) in [6, 6.07) is 0.606. The maximum absolute atomic E-state index is 6.26. The van der Waals surface area contributed by atoms with Gasteiger partial charge in [-0.15, -0.1) is 0 Å². The van der Waals surface area contributed by atoms with Crippen LogP contribution in [0.1, 0.15) is 65.7 Å². The van der Waals surface area contributed by atoms with Gasteiger partial charge in [0.25, 0.3) is 0 Å². The van der Waals surface area contributed by atoms with Crippen LogP contribution in [0.4, 0.5) is 0 Å². The van der Waals surface area contributed by atoms with E-state index in [1.807, 2.05) is 0 Å². The summed E-state index contributed by atoms with van der Waals surface area (Å²) in [5, 5.41) is 3.71. The minimum Gasteiger partial charge on any atom is -0.377 e. The van der Waals surface area contributed by atoms with Crippen molar-refractivity contribution >= 4 is 0 Å². The van der Waals surface area contributed by atoms with Crippen LogP contribution in [-0.4, -0.2) is 25.3 Å². The Hall–Kier alpha value is -0.0800. The monoisotopic (exact) mass is 267 g/mol. The van der Waals surface area contributed by atoms with Gasteiger partial charge >= 0.3 is 0 Å². The molecule has 0 aromatic carbocycles. The predicted octanol–water partition coefficient (Wildman–Crippen LogP) is 4.00. The molecule has 19 heavy (non-hydrogen) atoms. The summed E-state index contributed by atoms with van der Waals surface area (Å²) >= 11 is 0. The largest absolute Gasteiger partial charge is 0.377 e. The van der Waals surface area contributed by atoms with Crippen molar-refractivity contribution in [2.75, 3.05) is 13.2 Å². The maximum atomic E-state index is 6.26. The zero-order valence-corrected chi connectivity index (χ0v) is 13.2. The van der Waals surface area contributed by atoms with Gasteiger partial charge in [-0.3, -0.25) is 0 Å². The Balaban J connectivity index is 1.78. The average molecular weight is 267 g/mol. The molecule has 0 radical (unpaired) electrons. The van der Waals surface area contributed by atoms with Crippen molar-refractivity contribution in [1.29, 1.82) is 0 Å². The van der Waals surface area contributed by atoms with Crippen LogP contribution in [-0.2, 0) is 4.74 Å². The molecule has 0 aliphatic heterocycles. The molecule has 2 nitrogen and oxygen atoms in total. The first-order chi connectivity index (χ1) is 9.20. The van der Waals surface area contributed by atoms with Crippen LogP contribution in [0.2, 0.25) is 0 Å². The van der Waals surface area contributed by atoms with Gasteiger partial charge in [0.15, 0.2) is 0 Å². The zero-order valence-electron chi connectivity index (χ0n) is 13.2. The van der Waals surface area contributed by atoms with Gasteiger partial charge in [-0.2, -0.15) is 0 Å². The van der Waals surface area contributed by atoms with Crippen molar-refractivity contribution in [3.8, 4) is 0 Å². The lowest BCUT2D eigenvalue weighted by molar-refractivity contribution is -0.0187. The summed E-state index contributed by atoms with van der Waals surface area (Å²) in [7, 11) is 0. The Morgan fingerprint density at radius 3 is 2.58 bits per heavy atom. The van der Waals surface area contributed by atoms with Crippen LogP contribution < -0.4 is 5.32 Å². The number of ether oxygens (including phenoxy) is 1. The van der Waals surface area contributed by atoms with Crippen molar-refractivity contribution < 1.29 is 4.74 Å². The quantitative estimate of drug-likeness (QED) is 0.718. The number of rotatable bonds is 8. The van der Waals surface area contributed by atoms with E-state index in [9.17, 15) is 0 Å². The lowest BCUT2D eigenvalue weighted by atomic mass is 9.78. The van der Waals surface area contributed by atoms with E-state index in [2.05, 4.69) is 26.1 Å². The molecule has 2 heteroatoms. The van der Waals surface area contributed by atoms with Crippen molar-refractivity contribution in [3.63, 3.8) is 0 Å². The molecule has 112 valence electrons. The van der Waals surface area contributed by atoms with Crippen LogP contribution in [0.3, 0.4) is 0 Å². The summed E-state index contributed by atoms with van der Waals surface area (Å²) in [5.74, 6) is 2.67. The molecule has 0 saturated heterocycles. The fourth-order valence-corrected chi connectivity index (χ4v) is 3.31. The van der Waals surface area contributed by atoms with Gasteiger partial charge in [0.2, 0.25) is 0 Å². The fourth-order valence-electron chi connectivity index (χ4n) is 3.31. The van der Waals surface area contributed by atoms with Crippen LogP contribution in [0.25, 0.3) is 0 Å². The first kappa shape index (κ1) is 15.3. The van der Waals surface area contributed by atoms with Gasteiger partial charge in [0, 0.05) is 12.6 Å². The van der Waals surface area contributed by atoms with E-state index in [0.717, 1.165) is 30.9 Å². The maximum Gasteiger partial charge on any atom is 0.0730 e. The lowest BCUT2D eigenvalue weighted by Crippen LogP contribution is -2.46. The molecule has 3 unspecified atom stereocenters. The van der Waals surface area contributed by atoms with Gasteiger partial charge in [-0.25, -0.2) is 0 Å². The van der Waals surface area contributed by atoms with E-state index >= 15 is 0 Å². The molecular weight excluding hydrogens is 234 g/mol. The summed E-state index contributed by atoms with van der Waals surface area (Å²) in [6.45, 7) is 9.11. The molecule has 2 rings (SSSR count). The normalized spacial score (nSPS) is 31.9. The van der Waals surface area contributed by atoms with Crippen LogP contribution in [0.15, 0.2) is 0 Å². The third-order valence-electron chi connectivity index (χ3n) is 4.99. The SMILES string of the molecule is CCCNC1CCC(C(C)C)CC1OCCC1CC1. The molecule has 0 aromatic rings. The van der Waals surface area contributed by atoms with E-state index in [1.165, 1.54) is 44.9 Å². The van der Waals surface area contributed by atoms with Gasteiger partial charge in [-0.1, -0.05) is 33.6 Å². The van der Waals surface area contributed by atoms with Crippen LogP contribution >= 0.6 is 0 Å². The Morgan fingerprint density at radius 2 is 1.95 bits per heavy atom. The van der Waals surface area contributed by atoms with Crippen LogP contribution in [0.5, 0.6) is 0 Å². The second-order valence-corrected chi connectivity index (χ2v) is 7.02. The van der Waals surface area contributed by atoms with E-state index < -0.39 is 0 Å². The molecule has 1 N–H and O–H groups in total. The van der Waals surface area contributed by atoms with Gasteiger partial charge in [0.05, 0.1) is 6.10 Å². The fraction of sp³-hybridized carbons (Fsp3) is 1.00. The van der Waals surface area contributed by atoms with Crippen molar-refractivity contribution in [1.82, 2.24) is 5.32 Å². The molecular formula is C17H33NO. The molecule has 0 heterocycles. The van der Waals surface area contributed by atoms with E-state index in [1.54, 1.807) is 0 Å². The summed E-state index contributed by atoms with van der Waals surface area (Å²) in [6.07, 6.45) is 9.82. The van der Waals surface area contributed by atoms with Gasteiger partial charge in [0.1, 0.15) is 0 Å². The minimum absolute atomic E-state index is 0.464. The Bertz CT molecular complexity index is 250. The third kappa shape index (κ3) is 5.07. The second-order valence-electron chi connectivity index (χ2n) is 7.02. The summed E-state index contributed by atoms with van der Waals surface area (Å²) in [5.41, 5.74) is 0. The minimum atomic E-state index is 0.464. The standard InChI is InChI=1S/C17H33NO/c1-4-10-18-16-8-7-15(13(2)3)12-17(16)19-11-9-14-5-6-14/h13-18H,4-12H2,1-3H3. The highest BCUT2D eigenvalue weighted by Crippen LogP contribution is 2.34. The zero-order chi connectivity index (χ0) is 13.7. The first-order valence-electron chi connectivity index (χ1n) is 8.55. The van der Waals surface area contributed by atoms with Gasteiger partial charge < -0.3 is 10.1 Å². The summed E-state index contributed by atoms with van der Waals surface area (Å²) in [4.78, 5) is 0. The lowest BCUT2D eigenvalue weighted by Gasteiger charge is -2.38. The first-order valence-corrected chi connectivity index (χ1v) is 8.55. The molecule has 0 bridgehead atoms. The number of hydrogen-bond donors (Lipinski definition) is 1.